The fraction of sp³-hybridized carbons (Fsp3) is 0.500. The molecule has 2 aliphatic rings. The lowest BCUT2D eigenvalue weighted by Crippen LogP contribution is -2.21. The first kappa shape index (κ1) is 10.8. The van der Waals surface area contributed by atoms with Crippen LogP contribution in [-0.2, 0) is 9.47 Å². The fourth-order valence-electron chi connectivity index (χ4n) is 1.24. The van der Waals surface area contributed by atoms with Gasteiger partial charge < -0.3 is 9.47 Å². The van der Waals surface area contributed by atoms with E-state index in [1.807, 2.05) is 0 Å². The maximum atomic E-state index is 12.2. The summed E-state index contributed by atoms with van der Waals surface area (Å²) in [5.41, 5.74) is 0. The van der Waals surface area contributed by atoms with Crippen LogP contribution in [0.5, 0.6) is 0 Å². The van der Waals surface area contributed by atoms with Gasteiger partial charge in [0.25, 0.3) is 0 Å². The third-order valence-corrected chi connectivity index (χ3v) is 1.94. The second-order valence-electron chi connectivity index (χ2n) is 3.10. The lowest BCUT2D eigenvalue weighted by molar-refractivity contribution is -0.116. The van der Waals surface area contributed by atoms with Crippen LogP contribution in [0.15, 0.2) is 16.9 Å². The summed E-state index contributed by atoms with van der Waals surface area (Å²) in [6.07, 6.45) is -4.42. The highest BCUT2D eigenvalue weighted by Gasteiger charge is 2.39. The highest BCUT2D eigenvalue weighted by Crippen LogP contribution is 2.30. The van der Waals surface area contributed by atoms with Gasteiger partial charge in [0.05, 0.1) is 6.54 Å². The number of allylic oxidation sites excluding steroid dienone is 1. The average Bonchev–Trinajstić information content (AvgIpc) is 2.76. The first-order valence-electron chi connectivity index (χ1n) is 4.44. The van der Waals surface area contributed by atoms with Crippen molar-refractivity contribution in [2.24, 2.45) is 5.10 Å². The molecule has 0 radical (unpaired) electrons. The minimum Gasteiger partial charge on any atom is -0.446 e. The van der Waals surface area contributed by atoms with Crippen molar-refractivity contribution in [3.05, 3.63) is 11.8 Å². The molecular weight excluding hydrogens is 229 g/mol. The van der Waals surface area contributed by atoms with Crippen LogP contribution in [0.1, 0.15) is 6.42 Å². The molecule has 0 bridgehead atoms. The van der Waals surface area contributed by atoms with Crippen LogP contribution < -0.4 is 0 Å². The van der Waals surface area contributed by atoms with Gasteiger partial charge >= 0.3 is 12.3 Å². The van der Waals surface area contributed by atoms with Crippen molar-refractivity contribution >= 4 is 12.0 Å². The summed E-state index contributed by atoms with van der Waals surface area (Å²) in [7, 11) is 0. The molecule has 0 aliphatic carbocycles. The number of amides is 1. The van der Waals surface area contributed by atoms with E-state index in [9.17, 15) is 18.0 Å². The van der Waals surface area contributed by atoms with Crippen LogP contribution in [0, 0.1) is 0 Å². The predicted octanol–water partition coefficient (Wildman–Crippen LogP) is 1.62. The molecule has 8 heteroatoms. The Morgan fingerprint density at radius 3 is 2.69 bits per heavy atom. The monoisotopic (exact) mass is 236 g/mol. The van der Waals surface area contributed by atoms with Crippen molar-refractivity contribution in [3.8, 4) is 0 Å². The number of halogens is 3. The number of carbonyl (C=O) groups excluding carboxylic acids is 1. The highest BCUT2D eigenvalue weighted by molar-refractivity contribution is 5.82. The third-order valence-electron chi connectivity index (χ3n) is 1.94. The van der Waals surface area contributed by atoms with Crippen LogP contribution in [-0.4, -0.2) is 36.3 Å². The third kappa shape index (κ3) is 2.10. The molecule has 0 saturated carbocycles. The van der Waals surface area contributed by atoms with E-state index in [1.165, 1.54) is 0 Å². The Kier molecular flexibility index (Phi) is 2.49. The Bertz CT molecular complexity index is 375. The second-order valence-corrected chi connectivity index (χ2v) is 3.10. The van der Waals surface area contributed by atoms with Crippen molar-refractivity contribution < 1.29 is 27.4 Å². The summed E-state index contributed by atoms with van der Waals surface area (Å²) in [4.78, 5) is 10.9. The highest BCUT2D eigenvalue weighted by atomic mass is 19.4. The minimum atomic E-state index is -4.53. The molecule has 0 aromatic heterocycles. The van der Waals surface area contributed by atoms with Crippen LogP contribution in [0.4, 0.5) is 18.0 Å². The lowest BCUT2D eigenvalue weighted by Gasteiger charge is -2.09. The molecular formula is C8H7F3N2O3. The summed E-state index contributed by atoms with van der Waals surface area (Å²) in [5, 5.41) is 4.55. The van der Waals surface area contributed by atoms with Crippen LogP contribution in [0.25, 0.3) is 0 Å². The summed E-state index contributed by atoms with van der Waals surface area (Å²) >= 11 is 0. The molecule has 0 atom stereocenters. The van der Waals surface area contributed by atoms with Gasteiger partial charge in [-0.15, -0.1) is 5.10 Å². The Hall–Kier alpha value is -1.73. The number of cyclic esters (lactones) is 1. The Balaban J connectivity index is 2.01. The van der Waals surface area contributed by atoms with E-state index in [0.29, 0.717) is 0 Å². The van der Waals surface area contributed by atoms with Gasteiger partial charge in [-0.25, -0.2) is 4.79 Å². The topological polar surface area (TPSA) is 51.1 Å². The van der Waals surface area contributed by atoms with Gasteiger partial charge in [-0.05, 0) is 6.08 Å². The SMILES string of the molecule is O=C1OCCN1N=C1CC=C(C(F)(F)F)O1. The maximum Gasteiger partial charge on any atom is 0.449 e. The molecule has 1 fully saturated rings. The van der Waals surface area contributed by atoms with Crippen molar-refractivity contribution in [1.29, 1.82) is 0 Å². The molecule has 0 spiro atoms. The second kappa shape index (κ2) is 3.69. The molecule has 16 heavy (non-hydrogen) atoms. The van der Waals surface area contributed by atoms with Gasteiger partial charge in [0, 0.05) is 6.42 Å². The van der Waals surface area contributed by atoms with Crippen molar-refractivity contribution in [1.82, 2.24) is 5.01 Å². The maximum absolute atomic E-state index is 12.2. The van der Waals surface area contributed by atoms with E-state index in [0.717, 1.165) is 11.1 Å². The number of hydrogen-bond donors (Lipinski definition) is 0. The summed E-state index contributed by atoms with van der Waals surface area (Å²) in [5.74, 6) is -1.26. The molecule has 5 nitrogen and oxygen atoms in total. The largest absolute Gasteiger partial charge is 0.449 e. The first-order valence-corrected chi connectivity index (χ1v) is 4.44. The van der Waals surface area contributed by atoms with Gasteiger partial charge in [0.1, 0.15) is 6.61 Å². The first-order chi connectivity index (χ1) is 7.47. The number of hydrogen-bond acceptors (Lipinski definition) is 4. The molecule has 2 rings (SSSR count). The van der Waals surface area contributed by atoms with E-state index < -0.39 is 18.0 Å². The van der Waals surface area contributed by atoms with Gasteiger partial charge in [-0.1, -0.05) is 0 Å². The normalized spacial score (nSPS) is 23.4. The lowest BCUT2D eigenvalue weighted by atomic mass is 10.4. The minimum absolute atomic E-state index is 0.0847. The quantitative estimate of drug-likeness (QED) is 0.695. The van der Waals surface area contributed by atoms with E-state index in [2.05, 4.69) is 14.6 Å². The van der Waals surface area contributed by atoms with Gasteiger partial charge in [-0.3, -0.25) is 0 Å². The Morgan fingerprint density at radius 2 is 2.19 bits per heavy atom. The number of hydrazone groups is 1. The van der Waals surface area contributed by atoms with E-state index in [1.54, 1.807) is 0 Å². The molecule has 2 heterocycles. The van der Waals surface area contributed by atoms with Crippen molar-refractivity contribution in [3.63, 3.8) is 0 Å². The summed E-state index contributed by atoms with van der Waals surface area (Å²) < 4.78 is 45.5. The standard InChI is InChI=1S/C8H7F3N2O3/c9-8(10,11)5-1-2-6(16-5)12-13-3-4-15-7(13)14/h1H,2-4H2. The van der Waals surface area contributed by atoms with Crippen LogP contribution >= 0.6 is 0 Å². The average molecular weight is 236 g/mol. The number of nitrogens with zero attached hydrogens (tertiary/aromatic N) is 2. The zero-order valence-corrected chi connectivity index (χ0v) is 7.95. The molecule has 0 N–H and O–H groups in total. The smallest absolute Gasteiger partial charge is 0.446 e. The van der Waals surface area contributed by atoms with E-state index in [4.69, 9.17) is 0 Å². The molecule has 1 amide bonds. The number of alkyl halides is 3. The van der Waals surface area contributed by atoms with Gasteiger partial charge in [-0.2, -0.15) is 18.2 Å². The van der Waals surface area contributed by atoms with Crippen LogP contribution in [0.2, 0.25) is 0 Å². The molecule has 88 valence electrons. The van der Waals surface area contributed by atoms with Crippen molar-refractivity contribution in [2.45, 2.75) is 12.6 Å². The van der Waals surface area contributed by atoms with Gasteiger partial charge in [0.2, 0.25) is 11.7 Å². The van der Waals surface area contributed by atoms with Crippen LogP contribution in [0.3, 0.4) is 0 Å². The summed E-state index contributed by atoms with van der Waals surface area (Å²) in [6, 6.07) is 0. The molecule has 0 aromatic rings. The predicted molar refractivity (Wildman–Crippen MR) is 45.3 cm³/mol. The molecule has 0 aromatic carbocycles. The molecule has 1 saturated heterocycles. The van der Waals surface area contributed by atoms with E-state index >= 15 is 0 Å². The number of rotatable bonds is 1. The Labute approximate surface area is 88.1 Å². The summed E-state index contributed by atoms with van der Waals surface area (Å²) in [6.45, 7) is 0.391. The number of carbonyl (C=O) groups is 1. The zero-order chi connectivity index (χ0) is 11.8. The number of ether oxygens (including phenoxy) is 2. The van der Waals surface area contributed by atoms with E-state index in [-0.39, 0.29) is 25.5 Å². The zero-order valence-electron chi connectivity index (χ0n) is 7.95. The molecule has 2 aliphatic heterocycles. The van der Waals surface area contributed by atoms with Crippen molar-refractivity contribution in [2.75, 3.05) is 13.2 Å². The Morgan fingerprint density at radius 1 is 1.44 bits per heavy atom. The van der Waals surface area contributed by atoms with Gasteiger partial charge in [0.15, 0.2) is 0 Å². The fourth-order valence-corrected chi connectivity index (χ4v) is 1.24. The molecule has 0 unspecified atom stereocenters.